The minimum atomic E-state index is -0.879. The highest BCUT2D eigenvalue weighted by Gasteiger charge is 2.31. The third-order valence-electron chi connectivity index (χ3n) is 4.16. The molecule has 108 valence electrons. The fourth-order valence-electron chi connectivity index (χ4n) is 2.78. The average molecular weight is 339 g/mol. The molecule has 0 amide bonds. The number of hydrogen-bond donors (Lipinski definition) is 1. The van der Waals surface area contributed by atoms with Crippen molar-refractivity contribution in [1.82, 2.24) is 9.80 Å². The summed E-state index contributed by atoms with van der Waals surface area (Å²) in [6.45, 7) is 5.41. The number of piperazine rings is 1. The lowest BCUT2D eigenvalue weighted by atomic mass is 10.1. The number of nitrogens with zero attached hydrogens (tertiary/aromatic N) is 2. The van der Waals surface area contributed by atoms with Crippen molar-refractivity contribution in [1.29, 1.82) is 0 Å². The van der Waals surface area contributed by atoms with E-state index in [1.165, 1.54) is 12.8 Å². The molecule has 20 heavy (non-hydrogen) atoms. The van der Waals surface area contributed by atoms with E-state index in [9.17, 15) is 4.79 Å². The maximum Gasteiger partial charge on any atom is 0.335 e. The number of rotatable bonds is 4. The van der Waals surface area contributed by atoms with Crippen LogP contribution >= 0.6 is 15.9 Å². The van der Waals surface area contributed by atoms with Crippen molar-refractivity contribution in [2.45, 2.75) is 25.4 Å². The first-order valence-corrected chi connectivity index (χ1v) is 7.91. The summed E-state index contributed by atoms with van der Waals surface area (Å²) in [6.07, 6.45) is 2.75. The number of carboxylic acid groups (broad SMARTS) is 1. The van der Waals surface area contributed by atoms with Gasteiger partial charge in [0, 0.05) is 43.2 Å². The standard InChI is InChI=1S/C15H19BrN2O2/c16-14-9-11(15(19)20)1-2-12(14)10-17-5-7-18(8-6-17)13-3-4-13/h1-2,9,13H,3-8,10H2,(H,19,20). The molecule has 1 aromatic carbocycles. The molecule has 0 bridgehead atoms. The number of aromatic carboxylic acids is 1. The van der Waals surface area contributed by atoms with Gasteiger partial charge in [-0.2, -0.15) is 0 Å². The Bertz CT molecular complexity index is 509. The Labute approximate surface area is 127 Å². The molecule has 1 aliphatic carbocycles. The first-order chi connectivity index (χ1) is 9.63. The van der Waals surface area contributed by atoms with E-state index in [0.29, 0.717) is 5.56 Å². The zero-order chi connectivity index (χ0) is 14.1. The van der Waals surface area contributed by atoms with Crippen LogP contribution in [0, 0.1) is 0 Å². The molecule has 2 fully saturated rings. The van der Waals surface area contributed by atoms with Crippen molar-refractivity contribution in [2.24, 2.45) is 0 Å². The van der Waals surface area contributed by atoms with Crippen LogP contribution in [0.1, 0.15) is 28.8 Å². The summed E-state index contributed by atoms with van der Waals surface area (Å²) < 4.78 is 0.891. The van der Waals surface area contributed by atoms with E-state index in [1.54, 1.807) is 12.1 Å². The maximum atomic E-state index is 10.9. The molecule has 3 rings (SSSR count). The van der Waals surface area contributed by atoms with Crippen molar-refractivity contribution >= 4 is 21.9 Å². The Balaban J connectivity index is 1.59. The number of carbonyl (C=O) groups is 1. The molecule has 0 unspecified atom stereocenters. The van der Waals surface area contributed by atoms with Gasteiger partial charge >= 0.3 is 5.97 Å². The van der Waals surface area contributed by atoms with E-state index in [-0.39, 0.29) is 0 Å². The van der Waals surface area contributed by atoms with Gasteiger partial charge in [0.15, 0.2) is 0 Å². The van der Waals surface area contributed by atoms with E-state index in [0.717, 1.165) is 48.8 Å². The second kappa shape index (κ2) is 5.84. The molecule has 4 nitrogen and oxygen atoms in total. The van der Waals surface area contributed by atoms with E-state index in [4.69, 9.17) is 5.11 Å². The van der Waals surface area contributed by atoms with Crippen LogP contribution in [0.4, 0.5) is 0 Å². The average Bonchev–Trinajstić information content (AvgIpc) is 3.26. The fourth-order valence-corrected chi connectivity index (χ4v) is 3.28. The zero-order valence-electron chi connectivity index (χ0n) is 11.4. The molecule has 1 aromatic rings. The second-order valence-electron chi connectivity index (χ2n) is 5.65. The number of carboxylic acids is 1. The van der Waals surface area contributed by atoms with Crippen LogP contribution in [0.3, 0.4) is 0 Å². The first kappa shape index (κ1) is 14.0. The van der Waals surface area contributed by atoms with Crippen molar-refractivity contribution in [3.8, 4) is 0 Å². The Morgan fingerprint density at radius 2 is 1.95 bits per heavy atom. The molecule has 0 radical (unpaired) electrons. The van der Waals surface area contributed by atoms with Crippen molar-refractivity contribution in [3.63, 3.8) is 0 Å². The second-order valence-corrected chi connectivity index (χ2v) is 6.51. The fraction of sp³-hybridized carbons (Fsp3) is 0.533. The van der Waals surface area contributed by atoms with Crippen LogP contribution in [0.2, 0.25) is 0 Å². The summed E-state index contributed by atoms with van der Waals surface area (Å²) in [7, 11) is 0. The molecule has 1 heterocycles. The topological polar surface area (TPSA) is 43.8 Å². The summed E-state index contributed by atoms with van der Waals surface area (Å²) in [5.74, 6) is -0.879. The molecular weight excluding hydrogens is 320 g/mol. The predicted molar refractivity (Wildman–Crippen MR) is 81.0 cm³/mol. The van der Waals surface area contributed by atoms with Crippen LogP contribution in [0.25, 0.3) is 0 Å². The lowest BCUT2D eigenvalue weighted by Crippen LogP contribution is -2.46. The van der Waals surface area contributed by atoms with Crippen LogP contribution in [-0.4, -0.2) is 53.1 Å². The first-order valence-electron chi connectivity index (χ1n) is 7.11. The predicted octanol–water partition coefficient (Wildman–Crippen LogP) is 2.43. The Hall–Kier alpha value is -0.910. The minimum Gasteiger partial charge on any atom is -0.478 e. The summed E-state index contributed by atoms with van der Waals surface area (Å²) in [5, 5.41) is 8.97. The number of halogens is 1. The van der Waals surface area contributed by atoms with Crippen molar-refractivity contribution in [2.75, 3.05) is 26.2 Å². The highest BCUT2D eigenvalue weighted by Crippen LogP contribution is 2.28. The number of benzene rings is 1. The monoisotopic (exact) mass is 338 g/mol. The molecule has 1 N–H and O–H groups in total. The molecule has 1 aliphatic heterocycles. The van der Waals surface area contributed by atoms with Gasteiger partial charge in [-0.25, -0.2) is 4.79 Å². The molecule has 1 saturated heterocycles. The lowest BCUT2D eigenvalue weighted by molar-refractivity contribution is 0.0696. The van der Waals surface area contributed by atoms with Crippen LogP contribution in [-0.2, 0) is 6.54 Å². The largest absolute Gasteiger partial charge is 0.478 e. The van der Waals surface area contributed by atoms with Crippen LogP contribution in [0.15, 0.2) is 22.7 Å². The van der Waals surface area contributed by atoms with Crippen molar-refractivity contribution in [3.05, 3.63) is 33.8 Å². The van der Waals surface area contributed by atoms with Crippen molar-refractivity contribution < 1.29 is 9.90 Å². The Morgan fingerprint density at radius 1 is 1.25 bits per heavy atom. The zero-order valence-corrected chi connectivity index (χ0v) is 13.0. The lowest BCUT2D eigenvalue weighted by Gasteiger charge is -2.35. The highest BCUT2D eigenvalue weighted by atomic mass is 79.9. The van der Waals surface area contributed by atoms with Crippen LogP contribution in [0.5, 0.6) is 0 Å². The van der Waals surface area contributed by atoms with Crippen LogP contribution < -0.4 is 0 Å². The van der Waals surface area contributed by atoms with E-state index in [1.807, 2.05) is 6.07 Å². The third kappa shape index (κ3) is 3.22. The molecule has 1 saturated carbocycles. The van der Waals surface area contributed by atoms with Gasteiger partial charge in [0.05, 0.1) is 5.56 Å². The van der Waals surface area contributed by atoms with Gasteiger partial charge in [-0.05, 0) is 30.5 Å². The smallest absolute Gasteiger partial charge is 0.335 e. The van der Waals surface area contributed by atoms with Gasteiger partial charge in [0.25, 0.3) is 0 Å². The SMILES string of the molecule is O=C(O)c1ccc(CN2CCN(C3CC3)CC2)c(Br)c1. The van der Waals surface area contributed by atoms with Gasteiger partial charge in [0.2, 0.25) is 0 Å². The summed E-state index contributed by atoms with van der Waals surface area (Å²) in [4.78, 5) is 16.0. The normalized spacial score (nSPS) is 21.1. The highest BCUT2D eigenvalue weighted by molar-refractivity contribution is 9.10. The molecule has 0 atom stereocenters. The van der Waals surface area contributed by atoms with Gasteiger partial charge in [-0.15, -0.1) is 0 Å². The van der Waals surface area contributed by atoms with Gasteiger partial charge < -0.3 is 5.11 Å². The van der Waals surface area contributed by atoms with Gasteiger partial charge in [-0.1, -0.05) is 22.0 Å². The van der Waals surface area contributed by atoms with E-state index >= 15 is 0 Å². The minimum absolute atomic E-state index is 0.333. The van der Waals surface area contributed by atoms with Gasteiger partial charge in [0.1, 0.15) is 0 Å². The molecule has 2 aliphatic rings. The quantitative estimate of drug-likeness (QED) is 0.915. The Kier molecular flexibility index (Phi) is 4.10. The van der Waals surface area contributed by atoms with Gasteiger partial charge in [-0.3, -0.25) is 9.80 Å². The summed E-state index contributed by atoms with van der Waals surface area (Å²) >= 11 is 3.49. The third-order valence-corrected chi connectivity index (χ3v) is 4.90. The summed E-state index contributed by atoms with van der Waals surface area (Å²) in [5.41, 5.74) is 1.49. The maximum absolute atomic E-state index is 10.9. The van der Waals surface area contributed by atoms with E-state index < -0.39 is 5.97 Å². The Morgan fingerprint density at radius 3 is 2.50 bits per heavy atom. The molecular formula is C15H19BrN2O2. The molecule has 0 spiro atoms. The number of hydrogen-bond acceptors (Lipinski definition) is 3. The molecule has 0 aromatic heterocycles. The molecule has 5 heteroatoms. The van der Waals surface area contributed by atoms with E-state index in [2.05, 4.69) is 25.7 Å². The summed E-state index contributed by atoms with van der Waals surface area (Å²) in [6, 6.07) is 6.15.